The minimum atomic E-state index is 0.102. The number of hydrogen-bond acceptors (Lipinski definition) is 6. The van der Waals surface area contributed by atoms with Crippen molar-refractivity contribution < 1.29 is 4.79 Å². The Balaban J connectivity index is 1.26. The maximum atomic E-state index is 13.1. The van der Waals surface area contributed by atoms with E-state index >= 15 is 0 Å². The first-order chi connectivity index (χ1) is 14.7. The minimum Gasteiger partial charge on any atom is -0.354 e. The number of fused-ring (bicyclic) bond motifs is 2. The van der Waals surface area contributed by atoms with E-state index in [4.69, 9.17) is 4.98 Å². The summed E-state index contributed by atoms with van der Waals surface area (Å²) in [6, 6.07) is 1.97. The Hall–Kier alpha value is -2.19. The molecule has 162 valence electrons. The summed E-state index contributed by atoms with van der Waals surface area (Å²) in [6.45, 7) is 10.7. The van der Waals surface area contributed by atoms with Gasteiger partial charge in [0.25, 0.3) is 0 Å². The highest BCUT2D eigenvalue weighted by molar-refractivity contribution is 5.82. The summed E-state index contributed by atoms with van der Waals surface area (Å²) in [5, 5.41) is 8.02. The summed E-state index contributed by atoms with van der Waals surface area (Å²) < 4.78 is 1.97. The molecule has 2 aromatic heterocycles. The molecule has 0 spiro atoms. The van der Waals surface area contributed by atoms with Gasteiger partial charge >= 0.3 is 0 Å². The summed E-state index contributed by atoms with van der Waals surface area (Å²) in [6.07, 6.45) is 6.21. The van der Waals surface area contributed by atoms with Crippen LogP contribution in [-0.2, 0) is 17.6 Å². The van der Waals surface area contributed by atoms with E-state index in [-0.39, 0.29) is 5.92 Å². The van der Waals surface area contributed by atoms with Crippen LogP contribution in [0.3, 0.4) is 0 Å². The lowest BCUT2D eigenvalue weighted by atomic mass is 9.96. The van der Waals surface area contributed by atoms with Gasteiger partial charge in [-0.3, -0.25) is 9.69 Å². The summed E-state index contributed by atoms with van der Waals surface area (Å²) in [5.41, 5.74) is 3.39. The quantitative estimate of drug-likeness (QED) is 0.785. The van der Waals surface area contributed by atoms with Gasteiger partial charge in [-0.2, -0.15) is 9.61 Å². The van der Waals surface area contributed by atoms with E-state index in [2.05, 4.69) is 32.0 Å². The van der Waals surface area contributed by atoms with Gasteiger partial charge in [0.15, 0.2) is 5.65 Å². The molecule has 0 atom stereocenters. The molecule has 1 N–H and O–H groups in total. The number of carbonyl (C=O) groups excluding carboxylic acids is 1. The van der Waals surface area contributed by atoms with Crippen molar-refractivity contribution in [3.63, 3.8) is 0 Å². The van der Waals surface area contributed by atoms with Crippen LogP contribution in [0.2, 0.25) is 0 Å². The average Bonchev–Trinajstić information content (AvgIpc) is 3.07. The van der Waals surface area contributed by atoms with Crippen molar-refractivity contribution in [2.45, 2.75) is 32.6 Å². The highest BCUT2D eigenvalue weighted by Gasteiger charge is 2.38. The molecule has 30 heavy (non-hydrogen) atoms. The fourth-order valence-electron chi connectivity index (χ4n) is 4.98. The second kappa shape index (κ2) is 8.51. The first-order valence-corrected chi connectivity index (χ1v) is 11.6. The second-order valence-corrected chi connectivity index (χ2v) is 8.83. The van der Waals surface area contributed by atoms with E-state index in [1.54, 1.807) is 0 Å². The van der Waals surface area contributed by atoms with Gasteiger partial charge < -0.3 is 15.1 Å². The molecule has 0 radical (unpaired) electrons. The topological polar surface area (TPSA) is 69.0 Å². The molecule has 5 rings (SSSR count). The summed E-state index contributed by atoms with van der Waals surface area (Å²) in [7, 11) is 0. The lowest BCUT2D eigenvalue weighted by molar-refractivity contribution is -0.138. The molecule has 0 aromatic carbocycles. The molecule has 2 aromatic rings. The zero-order chi connectivity index (χ0) is 20.5. The standard InChI is InChI=1S/C22H33N7O/c1-2-3-10-26-11-13-27(14-12-26)22(30)17-15-28(16-17)21-18-4-7-23-8-5-19(18)25-20-6-9-24-29(20)21/h6,9,17,23H,2-5,7-8,10-16H2,1H3. The largest absolute Gasteiger partial charge is 0.354 e. The zero-order valence-electron chi connectivity index (χ0n) is 18.0. The molecule has 0 aliphatic carbocycles. The third kappa shape index (κ3) is 3.67. The van der Waals surface area contributed by atoms with Gasteiger partial charge in [-0.15, -0.1) is 0 Å². The monoisotopic (exact) mass is 411 g/mol. The predicted molar refractivity (Wildman–Crippen MR) is 117 cm³/mol. The van der Waals surface area contributed by atoms with Crippen molar-refractivity contribution in [3.8, 4) is 0 Å². The van der Waals surface area contributed by atoms with Crippen LogP contribution in [0.4, 0.5) is 5.82 Å². The van der Waals surface area contributed by atoms with Crippen molar-refractivity contribution in [1.29, 1.82) is 0 Å². The first-order valence-electron chi connectivity index (χ1n) is 11.6. The van der Waals surface area contributed by atoms with Gasteiger partial charge in [-0.25, -0.2) is 4.98 Å². The van der Waals surface area contributed by atoms with E-state index in [9.17, 15) is 4.79 Å². The van der Waals surface area contributed by atoms with Crippen molar-refractivity contribution in [2.75, 3.05) is 63.8 Å². The highest BCUT2D eigenvalue weighted by Crippen LogP contribution is 2.32. The van der Waals surface area contributed by atoms with Gasteiger partial charge in [-0.05, 0) is 25.9 Å². The fourth-order valence-corrected chi connectivity index (χ4v) is 4.98. The van der Waals surface area contributed by atoms with E-state index < -0.39 is 0 Å². The lowest BCUT2D eigenvalue weighted by Crippen LogP contribution is -2.58. The molecule has 0 bridgehead atoms. The molecule has 3 aliphatic heterocycles. The number of rotatable bonds is 5. The lowest BCUT2D eigenvalue weighted by Gasteiger charge is -2.44. The Morgan fingerprint density at radius 3 is 2.77 bits per heavy atom. The number of anilines is 1. The van der Waals surface area contributed by atoms with Crippen LogP contribution < -0.4 is 10.2 Å². The van der Waals surface area contributed by atoms with E-state index in [0.717, 1.165) is 83.2 Å². The van der Waals surface area contributed by atoms with Crippen molar-refractivity contribution in [1.82, 2.24) is 29.7 Å². The van der Waals surface area contributed by atoms with E-state index in [1.165, 1.54) is 24.1 Å². The van der Waals surface area contributed by atoms with Crippen LogP contribution in [0.1, 0.15) is 31.0 Å². The number of aromatic nitrogens is 3. The molecule has 2 saturated heterocycles. The van der Waals surface area contributed by atoms with Crippen LogP contribution in [-0.4, -0.2) is 89.2 Å². The molecule has 5 heterocycles. The molecular weight excluding hydrogens is 378 g/mol. The van der Waals surface area contributed by atoms with E-state index in [0.29, 0.717) is 5.91 Å². The number of carbonyl (C=O) groups is 1. The molecule has 0 unspecified atom stereocenters. The number of amides is 1. The van der Waals surface area contributed by atoms with Crippen LogP contribution in [0.25, 0.3) is 5.65 Å². The number of unbranched alkanes of at least 4 members (excludes halogenated alkanes) is 1. The Morgan fingerprint density at radius 2 is 1.97 bits per heavy atom. The second-order valence-electron chi connectivity index (χ2n) is 8.83. The summed E-state index contributed by atoms with van der Waals surface area (Å²) in [4.78, 5) is 24.8. The molecule has 3 aliphatic rings. The van der Waals surface area contributed by atoms with Gasteiger partial charge in [0.2, 0.25) is 5.91 Å². The Kier molecular flexibility index (Phi) is 5.60. The van der Waals surface area contributed by atoms with Crippen LogP contribution >= 0.6 is 0 Å². The average molecular weight is 412 g/mol. The SMILES string of the molecule is CCCCN1CCN(C(=O)C2CN(c3c4c(nc5ccnn35)CCNCC4)C2)CC1. The number of nitrogens with zero attached hydrogens (tertiary/aromatic N) is 6. The van der Waals surface area contributed by atoms with Crippen LogP contribution in [0.15, 0.2) is 12.3 Å². The van der Waals surface area contributed by atoms with E-state index in [1.807, 2.05) is 16.8 Å². The Labute approximate surface area is 178 Å². The van der Waals surface area contributed by atoms with Gasteiger partial charge in [-0.1, -0.05) is 13.3 Å². The number of piperazine rings is 1. The number of hydrogen-bond donors (Lipinski definition) is 1. The molecule has 8 heteroatoms. The number of nitrogens with one attached hydrogen (secondary N) is 1. The maximum Gasteiger partial charge on any atom is 0.229 e. The molecule has 2 fully saturated rings. The third-order valence-corrected chi connectivity index (χ3v) is 6.82. The van der Waals surface area contributed by atoms with Crippen molar-refractivity contribution in [3.05, 3.63) is 23.5 Å². The Bertz CT molecular complexity index is 896. The van der Waals surface area contributed by atoms with Gasteiger partial charge in [0.05, 0.1) is 17.8 Å². The molecule has 1 amide bonds. The molecular formula is C22H33N7O. The van der Waals surface area contributed by atoms with Crippen LogP contribution in [0.5, 0.6) is 0 Å². The van der Waals surface area contributed by atoms with Gasteiger partial charge in [0, 0.05) is 63.9 Å². The summed E-state index contributed by atoms with van der Waals surface area (Å²) in [5.74, 6) is 1.59. The smallest absolute Gasteiger partial charge is 0.229 e. The fraction of sp³-hybridized carbons (Fsp3) is 0.682. The Morgan fingerprint density at radius 1 is 1.17 bits per heavy atom. The minimum absolute atomic E-state index is 0.102. The summed E-state index contributed by atoms with van der Waals surface area (Å²) >= 11 is 0. The maximum absolute atomic E-state index is 13.1. The third-order valence-electron chi connectivity index (χ3n) is 6.82. The predicted octanol–water partition coefficient (Wildman–Crippen LogP) is 0.798. The van der Waals surface area contributed by atoms with Crippen molar-refractivity contribution >= 4 is 17.4 Å². The zero-order valence-corrected chi connectivity index (χ0v) is 18.0. The molecule has 8 nitrogen and oxygen atoms in total. The highest BCUT2D eigenvalue weighted by atomic mass is 16.2. The van der Waals surface area contributed by atoms with Crippen LogP contribution in [0, 0.1) is 5.92 Å². The van der Waals surface area contributed by atoms with Crippen molar-refractivity contribution in [2.24, 2.45) is 5.92 Å². The normalized spacial score (nSPS) is 20.8. The first kappa shape index (κ1) is 19.8. The molecule has 0 saturated carbocycles. The van der Waals surface area contributed by atoms with Gasteiger partial charge in [0.1, 0.15) is 5.82 Å².